The molecular formula is C16H33ClN2O2. The van der Waals surface area contributed by atoms with Gasteiger partial charge in [-0.3, -0.25) is 4.79 Å². The summed E-state index contributed by atoms with van der Waals surface area (Å²) >= 11 is 0. The first-order valence-electron chi connectivity index (χ1n) is 7.92. The van der Waals surface area contributed by atoms with Crippen molar-refractivity contribution in [2.45, 2.75) is 66.0 Å². The maximum Gasteiger partial charge on any atom is 0.237 e. The second-order valence-electron chi connectivity index (χ2n) is 7.22. The van der Waals surface area contributed by atoms with Crippen LogP contribution in [0.4, 0.5) is 0 Å². The van der Waals surface area contributed by atoms with Gasteiger partial charge >= 0.3 is 0 Å². The number of carbonyl (C=O) groups excluding carboxylic acids is 1. The summed E-state index contributed by atoms with van der Waals surface area (Å²) in [4.78, 5) is 12.1. The van der Waals surface area contributed by atoms with E-state index >= 15 is 0 Å². The molecule has 0 aromatic carbocycles. The first-order valence-corrected chi connectivity index (χ1v) is 7.92. The van der Waals surface area contributed by atoms with Crippen LogP contribution in [0.25, 0.3) is 0 Å². The maximum atomic E-state index is 12.1. The molecular weight excluding hydrogens is 288 g/mol. The molecule has 1 rings (SSSR count). The normalized spacial score (nSPS) is 25.6. The Hall–Kier alpha value is -0.320. The summed E-state index contributed by atoms with van der Waals surface area (Å²) in [6.45, 7) is 12.2. The van der Waals surface area contributed by atoms with Gasteiger partial charge in [0.1, 0.15) is 0 Å². The second-order valence-corrected chi connectivity index (χ2v) is 7.22. The van der Waals surface area contributed by atoms with Crippen LogP contribution < -0.4 is 11.1 Å². The molecule has 1 aliphatic heterocycles. The van der Waals surface area contributed by atoms with Crippen LogP contribution in [0.1, 0.15) is 53.9 Å². The molecule has 4 unspecified atom stereocenters. The van der Waals surface area contributed by atoms with E-state index in [4.69, 9.17) is 10.5 Å². The quantitative estimate of drug-likeness (QED) is 0.818. The van der Waals surface area contributed by atoms with Crippen LogP contribution in [0, 0.1) is 17.3 Å². The number of hydrogen-bond acceptors (Lipinski definition) is 3. The lowest BCUT2D eigenvalue weighted by Crippen LogP contribution is -2.49. The molecule has 5 heteroatoms. The number of ether oxygens (including phenoxy) is 1. The third-order valence-electron chi connectivity index (χ3n) is 4.40. The topological polar surface area (TPSA) is 64.4 Å². The molecule has 0 aromatic heterocycles. The van der Waals surface area contributed by atoms with Gasteiger partial charge in [-0.25, -0.2) is 0 Å². The molecule has 21 heavy (non-hydrogen) atoms. The highest BCUT2D eigenvalue weighted by atomic mass is 35.5. The van der Waals surface area contributed by atoms with E-state index in [0.717, 1.165) is 25.9 Å². The van der Waals surface area contributed by atoms with E-state index in [0.29, 0.717) is 12.5 Å². The zero-order valence-corrected chi connectivity index (χ0v) is 15.0. The van der Waals surface area contributed by atoms with E-state index in [1.54, 1.807) is 0 Å². The lowest BCUT2D eigenvalue weighted by atomic mass is 9.78. The monoisotopic (exact) mass is 320 g/mol. The van der Waals surface area contributed by atoms with Gasteiger partial charge in [0.15, 0.2) is 0 Å². The van der Waals surface area contributed by atoms with Crippen molar-refractivity contribution in [3.8, 4) is 0 Å². The number of rotatable bonds is 5. The molecule has 1 heterocycles. The van der Waals surface area contributed by atoms with Gasteiger partial charge in [0.05, 0.1) is 12.1 Å². The van der Waals surface area contributed by atoms with Crippen molar-refractivity contribution in [2.24, 2.45) is 23.0 Å². The average Bonchev–Trinajstić information content (AvgIpc) is 2.42. The fourth-order valence-electron chi connectivity index (χ4n) is 2.87. The summed E-state index contributed by atoms with van der Waals surface area (Å²) in [5.41, 5.74) is 6.07. The Morgan fingerprint density at radius 1 is 1.43 bits per heavy atom. The average molecular weight is 321 g/mol. The molecule has 0 saturated carbocycles. The largest absolute Gasteiger partial charge is 0.377 e. The lowest BCUT2D eigenvalue weighted by molar-refractivity contribution is -0.125. The summed E-state index contributed by atoms with van der Waals surface area (Å²) in [7, 11) is 0. The molecule has 0 bridgehead atoms. The van der Waals surface area contributed by atoms with E-state index in [2.05, 4.69) is 33.0 Å². The third kappa shape index (κ3) is 6.13. The predicted molar refractivity (Wildman–Crippen MR) is 89.6 cm³/mol. The fourth-order valence-corrected chi connectivity index (χ4v) is 2.87. The number of nitrogens with two attached hydrogens (primary N) is 1. The van der Waals surface area contributed by atoms with Gasteiger partial charge in [0.2, 0.25) is 5.91 Å². The number of nitrogens with one attached hydrogen (secondary N) is 1. The van der Waals surface area contributed by atoms with Crippen LogP contribution in [-0.2, 0) is 9.53 Å². The van der Waals surface area contributed by atoms with Crippen LogP contribution in [0.15, 0.2) is 0 Å². The van der Waals surface area contributed by atoms with Crippen molar-refractivity contribution >= 4 is 18.3 Å². The van der Waals surface area contributed by atoms with Gasteiger partial charge in [0, 0.05) is 19.1 Å². The Labute approximate surface area is 136 Å². The van der Waals surface area contributed by atoms with Crippen molar-refractivity contribution in [1.29, 1.82) is 0 Å². The van der Waals surface area contributed by atoms with E-state index in [-0.39, 0.29) is 35.8 Å². The van der Waals surface area contributed by atoms with Gasteiger partial charge in [-0.15, -0.1) is 12.4 Å². The molecule has 0 aliphatic carbocycles. The van der Waals surface area contributed by atoms with Gasteiger partial charge in [-0.1, -0.05) is 41.0 Å². The van der Waals surface area contributed by atoms with Gasteiger partial charge in [0.25, 0.3) is 0 Å². The molecule has 126 valence electrons. The second kappa shape index (κ2) is 8.96. The van der Waals surface area contributed by atoms with E-state index in [1.165, 1.54) is 0 Å². The first kappa shape index (κ1) is 20.7. The Bertz CT molecular complexity index is 318. The number of amides is 1. The van der Waals surface area contributed by atoms with Crippen LogP contribution in [0.2, 0.25) is 0 Å². The minimum atomic E-state index is -0.405. The molecule has 1 saturated heterocycles. The van der Waals surface area contributed by atoms with E-state index in [1.807, 2.05) is 6.92 Å². The molecule has 0 spiro atoms. The zero-order chi connectivity index (χ0) is 15.3. The number of carbonyl (C=O) groups is 1. The van der Waals surface area contributed by atoms with Crippen LogP contribution in [-0.4, -0.2) is 31.2 Å². The SMILES string of the molecule is CCC(C)C(N)C(=O)NCC1CCCOC1C(C)(C)C.Cl. The number of hydrogen-bond donors (Lipinski definition) is 2. The van der Waals surface area contributed by atoms with Crippen LogP contribution >= 0.6 is 12.4 Å². The highest BCUT2D eigenvalue weighted by Gasteiger charge is 2.35. The fraction of sp³-hybridized carbons (Fsp3) is 0.938. The molecule has 4 nitrogen and oxygen atoms in total. The minimum absolute atomic E-state index is 0. The molecule has 1 aliphatic rings. The third-order valence-corrected chi connectivity index (χ3v) is 4.40. The Morgan fingerprint density at radius 3 is 2.57 bits per heavy atom. The molecule has 0 aromatic rings. The summed E-state index contributed by atoms with van der Waals surface area (Å²) in [5, 5.41) is 3.03. The lowest BCUT2D eigenvalue weighted by Gasteiger charge is -2.40. The first-order chi connectivity index (χ1) is 9.27. The Morgan fingerprint density at radius 2 is 2.05 bits per heavy atom. The number of halogens is 1. The van der Waals surface area contributed by atoms with Crippen molar-refractivity contribution < 1.29 is 9.53 Å². The summed E-state index contributed by atoms with van der Waals surface area (Å²) in [5.74, 6) is 0.574. The molecule has 1 amide bonds. The highest BCUT2D eigenvalue weighted by molar-refractivity contribution is 5.85. The molecule has 0 radical (unpaired) electrons. The highest BCUT2D eigenvalue weighted by Crippen LogP contribution is 2.33. The minimum Gasteiger partial charge on any atom is -0.377 e. The Balaban J connectivity index is 0.00000400. The van der Waals surface area contributed by atoms with Crippen molar-refractivity contribution in [3.05, 3.63) is 0 Å². The molecule has 3 N–H and O–H groups in total. The smallest absolute Gasteiger partial charge is 0.237 e. The van der Waals surface area contributed by atoms with Gasteiger partial charge in [-0.05, 0) is 24.2 Å². The van der Waals surface area contributed by atoms with Crippen LogP contribution in [0.5, 0.6) is 0 Å². The van der Waals surface area contributed by atoms with Crippen molar-refractivity contribution in [1.82, 2.24) is 5.32 Å². The summed E-state index contributed by atoms with van der Waals surface area (Å²) in [6.07, 6.45) is 3.31. The zero-order valence-electron chi connectivity index (χ0n) is 14.1. The summed E-state index contributed by atoms with van der Waals surface area (Å²) in [6, 6.07) is -0.405. The summed E-state index contributed by atoms with van der Waals surface area (Å²) < 4.78 is 5.93. The predicted octanol–water partition coefficient (Wildman–Crippen LogP) is 2.74. The van der Waals surface area contributed by atoms with Crippen LogP contribution in [0.3, 0.4) is 0 Å². The van der Waals surface area contributed by atoms with Gasteiger partial charge < -0.3 is 15.8 Å². The van der Waals surface area contributed by atoms with E-state index < -0.39 is 6.04 Å². The van der Waals surface area contributed by atoms with Gasteiger partial charge in [-0.2, -0.15) is 0 Å². The Kier molecular flexibility index (Phi) is 8.83. The maximum absolute atomic E-state index is 12.1. The molecule has 1 fully saturated rings. The molecule has 4 atom stereocenters. The van der Waals surface area contributed by atoms with E-state index in [9.17, 15) is 4.79 Å². The van der Waals surface area contributed by atoms with Crippen molar-refractivity contribution in [3.63, 3.8) is 0 Å². The van der Waals surface area contributed by atoms with Crippen molar-refractivity contribution in [2.75, 3.05) is 13.2 Å². The standard InChI is InChI=1S/C16H32N2O2.ClH/c1-6-11(2)13(17)15(19)18-10-12-8-7-9-20-14(12)16(3,4)5;/h11-14H,6-10,17H2,1-5H3,(H,18,19);1H.